The molecule has 0 spiro atoms. The van der Waals surface area contributed by atoms with Gasteiger partial charge in [0.05, 0.1) is 13.0 Å². The maximum absolute atomic E-state index is 12.3. The zero-order chi connectivity index (χ0) is 19.4. The Kier molecular flexibility index (Phi) is 5.92. The molecule has 3 rings (SSSR count). The lowest BCUT2D eigenvalue weighted by Gasteiger charge is -2.21. The molecule has 27 heavy (non-hydrogen) atoms. The minimum atomic E-state index is -1.27. The van der Waals surface area contributed by atoms with Crippen LogP contribution in [0.3, 0.4) is 0 Å². The van der Waals surface area contributed by atoms with Gasteiger partial charge in [-0.25, -0.2) is 0 Å². The van der Waals surface area contributed by atoms with Crippen LogP contribution in [0.2, 0.25) is 0 Å². The van der Waals surface area contributed by atoms with Crippen LogP contribution in [0.4, 0.5) is 0 Å². The van der Waals surface area contributed by atoms with Gasteiger partial charge >= 0.3 is 0 Å². The molecular formula is C22H25NO3S. The fourth-order valence-corrected chi connectivity index (χ4v) is 3.65. The van der Waals surface area contributed by atoms with Crippen molar-refractivity contribution in [2.24, 2.45) is 0 Å². The summed E-state index contributed by atoms with van der Waals surface area (Å²) in [7, 11) is 0. The van der Waals surface area contributed by atoms with Gasteiger partial charge in [-0.15, -0.1) is 11.8 Å². The largest absolute Gasteiger partial charge is 0.458 e. The van der Waals surface area contributed by atoms with Crippen molar-refractivity contribution in [3.63, 3.8) is 0 Å². The number of aliphatic hydroxyl groups is 1. The van der Waals surface area contributed by atoms with E-state index in [0.717, 1.165) is 16.5 Å². The Hall–Kier alpha value is -2.24. The molecule has 2 N–H and O–H groups in total. The highest BCUT2D eigenvalue weighted by Gasteiger charge is 2.28. The second-order valence-corrected chi connectivity index (χ2v) is 8.84. The number of benzene rings is 2. The van der Waals surface area contributed by atoms with E-state index in [0.29, 0.717) is 11.0 Å². The third-order valence-electron chi connectivity index (χ3n) is 4.25. The third-order valence-corrected chi connectivity index (χ3v) is 5.26. The van der Waals surface area contributed by atoms with Crippen LogP contribution in [0.5, 0.6) is 0 Å². The Bertz CT molecular complexity index is 880. The molecule has 1 atom stereocenters. The number of rotatable bonds is 7. The molecule has 0 aliphatic rings. The maximum atomic E-state index is 12.3. The van der Waals surface area contributed by atoms with Gasteiger partial charge in [-0.05, 0) is 36.8 Å². The molecule has 0 bridgehead atoms. The Morgan fingerprint density at radius 3 is 2.56 bits per heavy atom. The summed E-state index contributed by atoms with van der Waals surface area (Å²) in [4.78, 5) is 13.5. The molecule has 2 aromatic carbocycles. The van der Waals surface area contributed by atoms with E-state index in [2.05, 4.69) is 19.2 Å². The van der Waals surface area contributed by atoms with Crippen molar-refractivity contribution in [1.29, 1.82) is 0 Å². The Balaban J connectivity index is 1.57. The number of nitrogens with one attached hydrogen (secondary N) is 1. The van der Waals surface area contributed by atoms with Gasteiger partial charge in [-0.3, -0.25) is 4.79 Å². The Morgan fingerprint density at radius 2 is 1.89 bits per heavy atom. The zero-order valence-corrected chi connectivity index (χ0v) is 16.7. The number of carbonyl (C=O) groups excluding carboxylic acids is 1. The molecule has 0 aliphatic carbocycles. The summed E-state index contributed by atoms with van der Waals surface area (Å²) in [6.45, 7) is 6.04. The Morgan fingerprint density at radius 1 is 1.19 bits per heavy atom. The normalized spacial score (nSPS) is 13.7. The number of hydrogen-bond acceptors (Lipinski definition) is 4. The lowest BCUT2D eigenvalue weighted by molar-refractivity contribution is -0.121. The maximum Gasteiger partial charge on any atom is 0.224 e. The SMILES string of the molecule is CC(C)Sc1ccc(CC(=O)NCC(C)(O)c2cc3ccccc3o2)cc1. The standard InChI is InChI=1S/C22H25NO3S/c1-15(2)27-18-10-8-16(9-11-18)12-21(24)23-14-22(3,25)20-13-17-6-4-5-7-19(17)26-20/h4-11,13,15,25H,12,14H2,1-3H3,(H,23,24). The van der Waals surface area contributed by atoms with Gasteiger partial charge in [-0.2, -0.15) is 0 Å². The van der Waals surface area contributed by atoms with Crippen molar-refractivity contribution in [2.75, 3.05) is 6.54 Å². The first-order valence-electron chi connectivity index (χ1n) is 9.07. The molecule has 0 aliphatic heterocycles. The molecule has 5 heteroatoms. The number of hydrogen-bond donors (Lipinski definition) is 2. The van der Waals surface area contributed by atoms with E-state index in [4.69, 9.17) is 4.42 Å². The summed E-state index contributed by atoms with van der Waals surface area (Å²) >= 11 is 1.79. The first kappa shape index (κ1) is 19.5. The first-order chi connectivity index (χ1) is 12.8. The second-order valence-electron chi connectivity index (χ2n) is 7.19. The molecule has 0 saturated heterocycles. The van der Waals surface area contributed by atoms with Crippen molar-refractivity contribution < 1.29 is 14.3 Å². The van der Waals surface area contributed by atoms with E-state index < -0.39 is 5.60 Å². The van der Waals surface area contributed by atoms with Crippen molar-refractivity contribution in [2.45, 2.75) is 42.9 Å². The number of amides is 1. The van der Waals surface area contributed by atoms with Crippen molar-refractivity contribution in [3.8, 4) is 0 Å². The first-order valence-corrected chi connectivity index (χ1v) is 9.95. The van der Waals surface area contributed by atoms with E-state index in [9.17, 15) is 9.90 Å². The van der Waals surface area contributed by atoms with Gasteiger partial charge in [0.25, 0.3) is 0 Å². The molecule has 142 valence electrons. The van der Waals surface area contributed by atoms with Crippen LogP contribution in [0, 0.1) is 0 Å². The van der Waals surface area contributed by atoms with Gasteiger partial charge in [0, 0.05) is 15.5 Å². The summed E-state index contributed by atoms with van der Waals surface area (Å²) in [5, 5.41) is 15.0. The highest BCUT2D eigenvalue weighted by Crippen LogP contribution is 2.27. The van der Waals surface area contributed by atoms with Crippen LogP contribution >= 0.6 is 11.8 Å². The summed E-state index contributed by atoms with van der Waals surface area (Å²) in [6, 6.07) is 17.4. The van der Waals surface area contributed by atoms with Crippen LogP contribution in [-0.2, 0) is 16.8 Å². The lowest BCUT2D eigenvalue weighted by Crippen LogP contribution is -2.39. The van der Waals surface area contributed by atoms with E-state index in [1.807, 2.05) is 54.6 Å². The number of furan rings is 1. The smallest absolute Gasteiger partial charge is 0.224 e. The molecule has 0 fully saturated rings. The van der Waals surface area contributed by atoms with Gasteiger partial charge in [0.2, 0.25) is 5.91 Å². The summed E-state index contributed by atoms with van der Waals surface area (Å²) < 4.78 is 5.72. The highest BCUT2D eigenvalue weighted by molar-refractivity contribution is 7.99. The average molecular weight is 384 g/mol. The fourth-order valence-electron chi connectivity index (χ4n) is 2.81. The topological polar surface area (TPSA) is 62.5 Å². The number of para-hydroxylation sites is 1. The number of thioether (sulfide) groups is 1. The Labute approximate surface area is 164 Å². The van der Waals surface area contributed by atoms with E-state index >= 15 is 0 Å². The van der Waals surface area contributed by atoms with E-state index in [-0.39, 0.29) is 18.9 Å². The molecule has 1 amide bonds. The predicted molar refractivity (Wildman–Crippen MR) is 110 cm³/mol. The number of fused-ring (bicyclic) bond motifs is 1. The van der Waals surface area contributed by atoms with Crippen LogP contribution in [0.25, 0.3) is 11.0 Å². The van der Waals surface area contributed by atoms with Crippen molar-refractivity contribution >= 4 is 28.6 Å². The van der Waals surface area contributed by atoms with Gasteiger partial charge in [0.1, 0.15) is 16.9 Å². The minimum absolute atomic E-state index is 0.0902. The van der Waals surface area contributed by atoms with Crippen molar-refractivity contribution in [1.82, 2.24) is 5.32 Å². The average Bonchev–Trinajstić information content (AvgIpc) is 3.07. The van der Waals surface area contributed by atoms with Crippen LogP contribution in [0.15, 0.2) is 63.9 Å². The molecule has 0 radical (unpaired) electrons. The molecule has 4 nitrogen and oxygen atoms in total. The number of carbonyl (C=O) groups is 1. The highest BCUT2D eigenvalue weighted by atomic mass is 32.2. The van der Waals surface area contributed by atoms with Crippen molar-refractivity contribution in [3.05, 3.63) is 65.9 Å². The summed E-state index contributed by atoms with van der Waals surface area (Å²) in [5.41, 5.74) is 0.398. The van der Waals surface area contributed by atoms with E-state index in [1.165, 1.54) is 4.90 Å². The van der Waals surface area contributed by atoms with Crippen LogP contribution in [-0.4, -0.2) is 22.8 Å². The fraction of sp³-hybridized carbons (Fsp3) is 0.318. The summed E-state index contributed by atoms with van der Waals surface area (Å²) in [5.74, 6) is 0.315. The predicted octanol–water partition coefficient (Wildman–Crippen LogP) is 4.50. The molecule has 0 saturated carbocycles. The minimum Gasteiger partial charge on any atom is -0.458 e. The van der Waals surface area contributed by atoms with Gasteiger partial charge < -0.3 is 14.8 Å². The van der Waals surface area contributed by atoms with Crippen LogP contribution < -0.4 is 5.32 Å². The third kappa shape index (κ3) is 5.15. The lowest BCUT2D eigenvalue weighted by atomic mass is 10.0. The monoisotopic (exact) mass is 383 g/mol. The van der Waals surface area contributed by atoms with Gasteiger partial charge in [-0.1, -0.05) is 44.2 Å². The van der Waals surface area contributed by atoms with Gasteiger partial charge in [0.15, 0.2) is 0 Å². The quantitative estimate of drug-likeness (QED) is 0.590. The molecular weight excluding hydrogens is 358 g/mol. The molecule has 3 aromatic rings. The molecule has 1 aromatic heterocycles. The molecule has 1 heterocycles. The summed E-state index contributed by atoms with van der Waals surface area (Å²) in [6.07, 6.45) is 0.281. The van der Waals surface area contributed by atoms with E-state index in [1.54, 1.807) is 18.7 Å². The second kappa shape index (κ2) is 8.19. The van der Waals surface area contributed by atoms with Crippen LogP contribution in [0.1, 0.15) is 32.1 Å². The zero-order valence-electron chi connectivity index (χ0n) is 15.9. The molecule has 1 unspecified atom stereocenters.